The van der Waals surface area contributed by atoms with Gasteiger partial charge in [0.1, 0.15) is 0 Å². The third-order valence-electron chi connectivity index (χ3n) is 1.85. The Balaban J connectivity index is 3.04. The molecular formula is C10H18N2S. The Morgan fingerprint density at radius 3 is 2.46 bits per heavy atom. The third kappa shape index (κ3) is 2.51. The van der Waals surface area contributed by atoms with Gasteiger partial charge in [-0.3, -0.25) is 0 Å². The Morgan fingerprint density at radius 2 is 2.00 bits per heavy atom. The predicted molar refractivity (Wildman–Crippen MR) is 58.3 cm³/mol. The summed E-state index contributed by atoms with van der Waals surface area (Å²) in [5.74, 6) is 0. The highest BCUT2D eigenvalue weighted by Gasteiger charge is 2.21. The van der Waals surface area contributed by atoms with E-state index >= 15 is 0 Å². The van der Waals surface area contributed by atoms with Crippen LogP contribution >= 0.6 is 11.3 Å². The number of hydrogen-bond donors (Lipinski definition) is 1. The highest BCUT2D eigenvalue weighted by molar-refractivity contribution is 7.11. The Morgan fingerprint density at radius 1 is 1.38 bits per heavy atom. The molecule has 1 heterocycles. The minimum Gasteiger partial charge on any atom is -0.315 e. The molecule has 0 aliphatic heterocycles. The maximum atomic E-state index is 4.58. The summed E-state index contributed by atoms with van der Waals surface area (Å²) in [6, 6.07) is 0. The summed E-state index contributed by atoms with van der Waals surface area (Å²) in [6.07, 6.45) is 0. The van der Waals surface area contributed by atoms with Crippen molar-refractivity contribution in [2.45, 2.75) is 39.7 Å². The molecule has 2 nitrogen and oxygen atoms in total. The molecule has 74 valence electrons. The minimum absolute atomic E-state index is 0.164. The van der Waals surface area contributed by atoms with Crippen LogP contribution < -0.4 is 5.32 Å². The monoisotopic (exact) mass is 198 g/mol. The lowest BCUT2D eigenvalue weighted by molar-refractivity contribution is 0.562. The van der Waals surface area contributed by atoms with Crippen molar-refractivity contribution in [3.05, 3.63) is 15.6 Å². The first-order chi connectivity index (χ1) is 5.95. The van der Waals surface area contributed by atoms with E-state index in [1.165, 1.54) is 10.6 Å². The zero-order valence-corrected chi connectivity index (χ0v) is 9.88. The molecule has 0 amide bonds. The number of aromatic nitrogens is 1. The van der Waals surface area contributed by atoms with E-state index in [9.17, 15) is 0 Å². The van der Waals surface area contributed by atoms with Crippen molar-refractivity contribution in [3.8, 4) is 0 Å². The van der Waals surface area contributed by atoms with Crippen LogP contribution in [0, 0.1) is 6.92 Å². The van der Waals surface area contributed by atoms with Crippen molar-refractivity contribution in [2.24, 2.45) is 0 Å². The number of hydrogen-bond acceptors (Lipinski definition) is 3. The van der Waals surface area contributed by atoms with Crippen LogP contribution in [0.1, 0.15) is 36.3 Å². The quantitative estimate of drug-likeness (QED) is 0.789. The van der Waals surface area contributed by atoms with E-state index in [-0.39, 0.29) is 5.41 Å². The molecule has 3 heteroatoms. The van der Waals surface area contributed by atoms with Gasteiger partial charge in [-0.25, -0.2) is 4.98 Å². The topological polar surface area (TPSA) is 24.9 Å². The summed E-state index contributed by atoms with van der Waals surface area (Å²) in [7, 11) is 1.97. The summed E-state index contributed by atoms with van der Waals surface area (Å²) in [4.78, 5) is 5.95. The van der Waals surface area contributed by atoms with Crippen molar-refractivity contribution < 1.29 is 0 Å². The van der Waals surface area contributed by atoms with Crippen molar-refractivity contribution in [1.82, 2.24) is 10.3 Å². The highest BCUT2D eigenvalue weighted by atomic mass is 32.1. The lowest BCUT2D eigenvalue weighted by Crippen LogP contribution is -2.16. The lowest BCUT2D eigenvalue weighted by atomic mass is 9.91. The summed E-state index contributed by atoms with van der Waals surface area (Å²) in [5.41, 5.74) is 1.40. The molecule has 0 unspecified atom stereocenters. The van der Waals surface area contributed by atoms with Gasteiger partial charge in [0.15, 0.2) is 0 Å². The molecule has 0 radical (unpaired) electrons. The molecule has 0 fully saturated rings. The fourth-order valence-corrected chi connectivity index (χ4v) is 2.49. The average molecular weight is 198 g/mol. The van der Waals surface area contributed by atoms with Crippen LogP contribution in [0.5, 0.6) is 0 Å². The van der Waals surface area contributed by atoms with Crippen molar-refractivity contribution in [2.75, 3.05) is 7.05 Å². The van der Waals surface area contributed by atoms with E-state index in [0.717, 1.165) is 11.6 Å². The summed E-state index contributed by atoms with van der Waals surface area (Å²) in [6.45, 7) is 9.62. The van der Waals surface area contributed by atoms with Crippen LogP contribution in [-0.4, -0.2) is 12.0 Å². The molecule has 0 spiro atoms. The molecule has 1 aromatic rings. The van der Waals surface area contributed by atoms with Crippen LogP contribution in [0.2, 0.25) is 0 Å². The molecule has 1 aromatic heterocycles. The fraction of sp³-hybridized carbons (Fsp3) is 0.700. The Hall–Kier alpha value is -0.410. The Labute approximate surface area is 84.4 Å². The van der Waals surface area contributed by atoms with E-state index in [0.29, 0.717) is 0 Å². The van der Waals surface area contributed by atoms with Crippen LogP contribution in [-0.2, 0) is 12.0 Å². The van der Waals surface area contributed by atoms with Gasteiger partial charge < -0.3 is 5.32 Å². The Kier molecular flexibility index (Phi) is 3.09. The van der Waals surface area contributed by atoms with Crippen molar-refractivity contribution in [1.29, 1.82) is 0 Å². The summed E-state index contributed by atoms with van der Waals surface area (Å²) in [5, 5.41) is 4.34. The van der Waals surface area contributed by atoms with Gasteiger partial charge in [-0.15, -0.1) is 11.3 Å². The van der Waals surface area contributed by atoms with Gasteiger partial charge in [-0.05, 0) is 14.0 Å². The minimum atomic E-state index is 0.164. The van der Waals surface area contributed by atoms with Crippen LogP contribution in [0.15, 0.2) is 0 Å². The van der Waals surface area contributed by atoms with Gasteiger partial charge in [-0.1, -0.05) is 20.8 Å². The van der Waals surface area contributed by atoms with E-state index in [1.54, 1.807) is 11.3 Å². The van der Waals surface area contributed by atoms with Gasteiger partial charge in [0.05, 0.1) is 10.7 Å². The maximum Gasteiger partial charge on any atom is 0.0900 e. The van der Waals surface area contributed by atoms with Gasteiger partial charge in [0.2, 0.25) is 0 Å². The Bertz CT molecular complexity index is 284. The maximum absolute atomic E-state index is 4.58. The highest BCUT2D eigenvalue weighted by Crippen LogP contribution is 2.28. The molecule has 0 bridgehead atoms. The first-order valence-corrected chi connectivity index (χ1v) is 5.38. The van der Waals surface area contributed by atoms with Crippen LogP contribution in [0.25, 0.3) is 0 Å². The second-order valence-corrected chi connectivity index (χ2v) is 5.57. The van der Waals surface area contributed by atoms with E-state index in [2.05, 4.69) is 38.0 Å². The zero-order valence-electron chi connectivity index (χ0n) is 9.06. The lowest BCUT2D eigenvalue weighted by Gasteiger charge is -2.17. The number of nitrogens with one attached hydrogen (secondary N) is 1. The number of thiazole rings is 1. The second kappa shape index (κ2) is 3.76. The SMILES string of the molecule is CNCc1sc(C)nc1C(C)(C)C. The molecule has 0 atom stereocenters. The van der Waals surface area contributed by atoms with Gasteiger partial charge >= 0.3 is 0 Å². The average Bonchev–Trinajstić information content (AvgIpc) is 2.30. The van der Waals surface area contributed by atoms with Crippen molar-refractivity contribution in [3.63, 3.8) is 0 Å². The van der Waals surface area contributed by atoms with Crippen LogP contribution in [0.3, 0.4) is 0 Å². The number of rotatable bonds is 2. The molecule has 1 rings (SSSR count). The molecule has 0 aromatic carbocycles. The summed E-state index contributed by atoms with van der Waals surface area (Å²) < 4.78 is 0. The summed E-state index contributed by atoms with van der Waals surface area (Å²) >= 11 is 1.79. The van der Waals surface area contributed by atoms with E-state index < -0.39 is 0 Å². The van der Waals surface area contributed by atoms with Crippen LogP contribution in [0.4, 0.5) is 0 Å². The molecule has 13 heavy (non-hydrogen) atoms. The fourth-order valence-electron chi connectivity index (χ4n) is 1.34. The molecule has 1 N–H and O–H groups in total. The zero-order chi connectivity index (χ0) is 10.1. The second-order valence-electron chi connectivity index (χ2n) is 4.28. The number of aryl methyl sites for hydroxylation is 1. The third-order valence-corrected chi connectivity index (χ3v) is 2.82. The first-order valence-electron chi connectivity index (χ1n) is 4.56. The molecule has 0 saturated heterocycles. The van der Waals surface area contributed by atoms with Gasteiger partial charge in [0.25, 0.3) is 0 Å². The number of nitrogens with zero attached hydrogens (tertiary/aromatic N) is 1. The molecule has 0 saturated carbocycles. The first kappa shape index (κ1) is 10.7. The molecular weight excluding hydrogens is 180 g/mol. The van der Waals surface area contributed by atoms with Gasteiger partial charge in [-0.2, -0.15) is 0 Å². The van der Waals surface area contributed by atoms with Crippen molar-refractivity contribution >= 4 is 11.3 Å². The standard InChI is InChI=1S/C10H18N2S/c1-7-12-9(10(2,3)4)8(13-7)6-11-5/h11H,6H2,1-5H3. The normalized spacial score (nSPS) is 12.1. The van der Waals surface area contributed by atoms with Gasteiger partial charge in [0, 0.05) is 16.8 Å². The largest absolute Gasteiger partial charge is 0.315 e. The predicted octanol–water partition coefficient (Wildman–Crippen LogP) is 2.47. The molecule has 0 aliphatic carbocycles. The van der Waals surface area contributed by atoms with E-state index in [4.69, 9.17) is 0 Å². The van der Waals surface area contributed by atoms with E-state index in [1.807, 2.05) is 7.05 Å². The smallest absolute Gasteiger partial charge is 0.0900 e. The molecule has 0 aliphatic rings.